The van der Waals surface area contributed by atoms with Crippen LogP contribution in [-0.2, 0) is 4.74 Å². The van der Waals surface area contributed by atoms with Gasteiger partial charge in [0.15, 0.2) is 0 Å². The molecule has 1 fully saturated rings. The van der Waals surface area contributed by atoms with Crippen LogP contribution in [0.4, 0.5) is 9.80 Å². The van der Waals surface area contributed by atoms with Crippen molar-refractivity contribution in [1.82, 2.24) is 5.32 Å². The predicted molar refractivity (Wildman–Crippen MR) is 60.3 cm³/mol. The number of carbonyl (C=O) groups excluding carboxylic acids is 1. The second-order valence-electron chi connectivity index (χ2n) is 3.45. The van der Waals surface area contributed by atoms with Gasteiger partial charge in [-0.3, -0.25) is 5.32 Å². The Hall–Kier alpha value is -1.07. The van der Waals surface area contributed by atoms with Gasteiger partial charge in [0.05, 0.1) is 11.1 Å². The summed E-state index contributed by atoms with van der Waals surface area (Å²) in [6.45, 7) is 1.41. The van der Waals surface area contributed by atoms with E-state index in [1.807, 2.05) is 17.5 Å². The molecular formula is C10H14N2O2S. The average Bonchev–Trinajstić information content (AvgIpc) is 2.86. The lowest BCUT2D eigenvalue weighted by atomic mass is 10.2. The van der Waals surface area contributed by atoms with Gasteiger partial charge in [0.25, 0.3) is 0 Å². The standard InChI is InChI=1S/C10H14N2O2S/c13-10(12-9-4-2-6-15-9)11-7-8-3-1-5-14-8/h2,4,6,8H,1,3,5,7H2,(H2,11,12,13). The molecule has 2 rings (SSSR count). The van der Waals surface area contributed by atoms with Crippen LogP contribution in [0.2, 0.25) is 0 Å². The molecule has 1 aromatic heterocycles. The molecule has 1 saturated heterocycles. The molecule has 2 amide bonds. The molecular weight excluding hydrogens is 212 g/mol. The molecule has 1 aliphatic rings. The summed E-state index contributed by atoms with van der Waals surface area (Å²) in [6, 6.07) is 3.62. The lowest BCUT2D eigenvalue weighted by Crippen LogP contribution is -2.34. The number of hydrogen-bond donors (Lipinski definition) is 2. The van der Waals surface area contributed by atoms with E-state index in [-0.39, 0.29) is 12.1 Å². The molecule has 0 saturated carbocycles. The molecule has 1 unspecified atom stereocenters. The van der Waals surface area contributed by atoms with Gasteiger partial charge in [0.2, 0.25) is 0 Å². The van der Waals surface area contributed by atoms with E-state index in [1.54, 1.807) is 0 Å². The fraction of sp³-hybridized carbons (Fsp3) is 0.500. The maximum absolute atomic E-state index is 11.4. The van der Waals surface area contributed by atoms with Gasteiger partial charge in [-0.1, -0.05) is 0 Å². The summed E-state index contributed by atoms with van der Waals surface area (Å²) in [5.41, 5.74) is 0. The van der Waals surface area contributed by atoms with Crippen molar-refractivity contribution in [2.75, 3.05) is 18.5 Å². The van der Waals surface area contributed by atoms with Gasteiger partial charge in [0.1, 0.15) is 0 Å². The summed E-state index contributed by atoms with van der Waals surface area (Å²) in [5.74, 6) is 0. The molecule has 15 heavy (non-hydrogen) atoms. The minimum atomic E-state index is -0.159. The molecule has 0 radical (unpaired) electrons. The van der Waals surface area contributed by atoms with Gasteiger partial charge in [0, 0.05) is 13.2 Å². The Bertz CT molecular complexity index is 307. The summed E-state index contributed by atoms with van der Waals surface area (Å²) in [4.78, 5) is 11.4. The number of anilines is 1. The number of amides is 2. The van der Waals surface area contributed by atoms with E-state index in [0.717, 1.165) is 24.4 Å². The number of thiophene rings is 1. The Morgan fingerprint density at radius 1 is 1.67 bits per heavy atom. The van der Waals surface area contributed by atoms with Gasteiger partial charge in [-0.15, -0.1) is 11.3 Å². The first kappa shape index (κ1) is 10.4. The highest BCUT2D eigenvalue weighted by Gasteiger charge is 2.15. The van der Waals surface area contributed by atoms with Gasteiger partial charge in [-0.25, -0.2) is 4.79 Å². The largest absolute Gasteiger partial charge is 0.376 e. The minimum Gasteiger partial charge on any atom is -0.376 e. The Morgan fingerprint density at radius 2 is 2.60 bits per heavy atom. The molecule has 4 nitrogen and oxygen atoms in total. The highest BCUT2D eigenvalue weighted by atomic mass is 32.1. The van der Waals surface area contributed by atoms with Crippen LogP contribution in [0.3, 0.4) is 0 Å². The third-order valence-electron chi connectivity index (χ3n) is 2.27. The zero-order chi connectivity index (χ0) is 10.5. The first-order chi connectivity index (χ1) is 7.34. The van der Waals surface area contributed by atoms with Crippen molar-refractivity contribution in [2.45, 2.75) is 18.9 Å². The zero-order valence-electron chi connectivity index (χ0n) is 8.36. The number of hydrogen-bond acceptors (Lipinski definition) is 3. The Labute approximate surface area is 92.6 Å². The third-order valence-corrected chi connectivity index (χ3v) is 3.06. The van der Waals surface area contributed by atoms with E-state index in [9.17, 15) is 4.79 Å². The highest BCUT2D eigenvalue weighted by molar-refractivity contribution is 7.14. The molecule has 0 bridgehead atoms. The topological polar surface area (TPSA) is 50.4 Å². The molecule has 2 heterocycles. The first-order valence-corrected chi connectivity index (χ1v) is 5.92. The van der Waals surface area contributed by atoms with Crippen LogP contribution in [-0.4, -0.2) is 25.3 Å². The average molecular weight is 226 g/mol. The quantitative estimate of drug-likeness (QED) is 0.828. The van der Waals surface area contributed by atoms with Crippen molar-refractivity contribution in [1.29, 1.82) is 0 Å². The fourth-order valence-corrected chi connectivity index (χ4v) is 2.13. The van der Waals surface area contributed by atoms with Crippen molar-refractivity contribution in [3.8, 4) is 0 Å². The van der Waals surface area contributed by atoms with E-state index in [4.69, 9.17) is 4.74 Å². The van der Waals surface area contributed by atoms with E-state index in [2.05, 4.69) is 10.6 Å². The Kier molecular flexibility index (Phi) is 3.58. The summed E-state index contributed by atoms with van der Waals surface area (Å²) in [7, 11) is 0. The lowest BCUT2D eigenvalue weighted by molar-refractivity contribution is 0.112. The Morgan fingerprint density at radius 3 is 3.27 bits per heavy atom. The van der Waals surface area contributed by atoms with Crippen molar-refractivity contribution >= 4 is 22.4 Å². The maximum Gasteiger partial charge on any atom is 0.319 e. The predicted octanol–water partition coefficient (Wildman–Crippen LogP) is 2.05. The molecule has 1 atom stereocenters. The van der Waals surface area contributed by atoms with Crippen molar-refractivity contribution in [3.05, 3.63) is 17.5 Å². The van der Waals surface area contributed by atoms with E-state index in [0.29, 0.717) is 6.54 Å². The molecule has 82 valence electrons. The fourth-order valence-electron chi connectivity index (χ4n) is 1.52. The van der Waals surface area contributed by atoms with E-state index >= 15 is 0 Å². The van der Waals surface area contributed by atoms with Crippen LogP contribution in [0.25, 0.3) is 0 Å². The third kappa shape index (κ3) is 3.21. The van der Waals surface area contributed by atoms with Gasteiger partial charge in [-0.05, 0) is 30.4 Å². The molecule has 1 aromatic rings. The van der Waals surface area contributed by atoms with Gasteiger partial charge >= 0.3 is 6.03 Å². The number of nitrogens with one attached hydrogen (secondary N) is 2. The summed E-state index contributed by atoms with van der Waals surface area (Å²) < 4.78 is 5.40. The number of carbonyl (C=O) groups is 1. The zero-order valence-corrected chi connectivity index (χ0v) is 9.18. The lowest BCUT2D eigenvalue weighted by Gasteiger charge is -2.10. The number of urea groups is 1. The molecule has 2 N–H and O–H groups in total. The van der Waals surface area contributed by atoms with Crippen molar-refractivity contribution in [3.63, 3.8) is 0 Å². The van der Waals surface area contributed by atoms with Gasteiger partial charge in [-0.2, -0.15) is 0 Å². The molecule has 0 aromatic carbocycles. The van der Waals surface area contributed by atoms with E-state index in [1.165, 1.54) is 11.3 Å². The van der Waals surface area contributed by atoms with Crippen LogP contribution in [0.5, 0.6) is 0 Å². The van der Waals surface area contributed by atoms with Crippen LogP contribution in [0.1, 0.15) is 12.8 Å². The monoisotopic (exact) mass is 226 g/mol. The summed E-state index contributed by atoms with van der Waals surface area (Å²) in [5, 5.41) is 8.34. The van der Waals surface area contributed by atoms with Crippen molar-refractivity contribution < 1.29 is 9.53 Å². The van der Waals surface area contributed by atoms with Crippen LogP contribution < -0.4 is 10.6 Å². The summed E-state index contributed by atoms with van der Waals surface area (Å²) in [6.07, 6.45) is 2.33. The molecule has 0 spiro atoms. The normalized spacial score (nSPS) is 20.1. The SMILES string of the molecule is O=C(NCC1CCCO1)Nc1cccs1. The Balaban J connectivity index is 1.68. The molecule has 5 heteroatoms. The van der Waals surface area contributed by atoms with Crippen LogP contribution in [0.15, 0.2) is 17.5 Å². The minimum absolute atomic E-state index is 0.159. The molecule has 1 aliphatic heterocycles. The number of ether oxygens (including phenoxy) is 1. The smallest absolute Gasteiger partial charge is 0.319 e. The van der Waals surface area contributed by atoms with Crippen molar-refractivity contribution in [2.24, 2.45) is 0 Å². The number of rotatable bonds is 3. The van der Waals surface area contributed by atoms with Gasteiger partial charge < -0.3 is 10.1 Å². The maximum atomic E-state index is 11.4. The second kappa shape index (κ2) is 5.14. The molecule has 0 aliphatic carbocycles. The highest BCUT2D eigenvalue weighted by Crippen LogP contribution is 2.14. The van der Waals surface area contributed by atoms with Crippen LogP contribution >= 0.6 is 11.3 Å². The second-order valence-corrected chi connectivity index (χ2v) is 4.40. The summed E-state index contributed by atoms with van der Waals surface area (Å²) >= 11 is 1.51. The van der Waals surface area contributed by atoms with E-state index < -0.39 is 0 Å². The van der Waals surface area contributed by atoms with Crippen LogP contribution in [0, 0.1) is 0 Å². The first-order valence-electron chi connectivity index (χ1n) is 5.04.